The van der Waals surface area contributed by atoms with Crippen LogP contribution in [0.5, 0.6) is 0 Å². The highest BCUT2D eigenvalue weighted by atomic mass is 28.4. The summed E-state index contributed by atoms with van der Waals surface area (Å²) in [5, 5.41) is 0. The highest BCUT2D eigenvalue weighted by molar-refractivity contribution is 6.70. The summed E-state index contributed by atoms with van der Waals surface area (Å²) in [7, 11) is -2.28. The van der Waals surface area contributed by atoms with Gasteiger partial charge in [-0.05, 0) is 51.4 Å². The van der Waals surface area contributed by atoms with Crippen LogP contribution in [-0.2, 0) is 8.85 Å². The number of rotatable bonds is 6. The lowest BCUT2D eigenvalue weighted by molar-refractivity contribution is 0.0471. The van der Waals surface area contributed by atoms with Gasteiger partial charge in [-0.15, -0.1) is 0 Å². The van der Waals surface area contributed by atoms with Gasteiger partial charge in [-0.1, -0.05) is 103 Å². The van der Waals surface area contributed by atoms with Crippen molar-refractivity contribution >= 4 is 8.56 Å². The lowest BCUT2D eigenvalue weighted by atomic mass is 10.2. The summed E-state index contributed by atoms with van der Waals surface area (Å²) in [6, 6.07) is 0. The molecule has 0 saturated heterocycles. The minimum Gasteiger partial charge on any atom is -0.391 e. The quantitative estimate of drug-likeness (QED) is 0.297. The summed E-state index contributed by atoms with van der Waals surface area (Å²) in [4.78, 5) is 0. The van der Waals surface area contributed by atoms with Gasteiger partial charge in [0.2, 0.25) is 0 Å². The molecule has 0 atom stereocenters. The topological polar surface area (TPSA) is 18.5 Å². The molecule has 0 amide bonds. The van der Waals surface area contributed by atoms with Crippen molar-refractivity contribution in [2.45, 2.75) is 177 Å². The van der Waals surface area contributed by atoms with Gasteiger partial charge in [0, 0.05) is 23.3 Å². The maximum atomic E-state index is 7.61. The Morgan fingerprint density at radius 2 is 0.581 bits per heavy atom. The second kappa shape index (κ2) is 13.1. The molecule has 0 spiro atoms. The second-order valence-electron chi connectivity index (χ2n) is 11.6. The molecule has 0 aromatic heterocycles. The van der Waals surface area contributed by atoms with Crippen molar-refractivity contribution in [3.05, 3.63) is 0 Å². The summed E-state index contributed by atoms with van der Waals surface area (Å²) in [6.07, 6.45) is 34.6. The predicted octanol–water partition coefficient (Wildman–Crippen LogP) is 9.36. The lowest BCUT2D eigenvalue weighted by Crippen LogP contribution is -2.55. The fourth-order valence-electron chi connectivity index (χ4n) is 7.35. The summed E-state index contributed by atoms with van der Waals surface area (Å²) in [6.45, 7) is 0. The van der Waals surface area contributed by atoms with Gasteiger partial charge >= 0.3 is 8.56 Å². The molecule has 0 heterocycles. The molecule has 0 aromatic carbocycles. The van der Waals surface area contributed by atoms with E-state index in [1.165, 1.54) is 154 Å². The lowest BCUT2D eigenvalue weighted by Gasteiger charge is -2.46. The Balaban J connectivity index is 1.63. The van der Waals surface area contributed by atoms with E-state index in [-0.39, 0.29) is 0 Å². The molecule has 2 nitrogen and oxygen atoms in total. The molecular formula is C28H52O2Si. The van der Waals surface area contributed by atoms with Gasteiger partial charge in [0.25, 0.3) is 0 Å². The molecule has 4 aliphatic rings. The third-order valence-electron chi connectivity index (χ3n) is 9.15. The molecule has 0 N–H and O–H groups in total. The minimum absolute atomic E-state index is 0.506. The monoisotopic (exact) mass is 448 g/mol. The fourth-order valence-corrected chi connectivity index (χ4v) is 12.8. The van der Waals surface area contributed by atoms with E-state index >= 15 is 0 Å². The van der Waals surface area contributed by atoms with Crippen molar-refractivity contribution in [2.75, 3.05) is 0 Å². The molecule has 0 aliphatic heterocycles. The molecule has 180 valence electrons. The molecule has 0 aromatic rings. The molecule has 0 bridgehead atoms. The van der Waals surface area contributed by atoms with Crippen molar-refractivity contribution < 1.29 is 8.85 Å². The summed E-state index contributed by atoms with van der Waals surface area (Å²) in [5.74, 6) is 0. The molecule has 4 saturated carbocycles. The first-order chi connectivity index (χ1) is 15.4. The van der Waals surface area contributed by atoms with Crippen molar-refractivity contribution in [2.24, 2.45) is 0 Å². The smallest absolute Gasteiger partial charge is 0.345 e. The van der Waals surface area contributed by atoms with Crippen molar-refractivity contribution in [3.8, 4) is 0 Å². The molecule has 4 fully saturated rings. The van der Waals surface area contributed by atoms with Crippen LogP contribution < -0.4 is 0 Å². The van der Waals surface area contributed by atoms with E-state index in [0.29, 0.717) is 12.2 Å². The number of hydrogen-bond donors (Lipinski definition) is 0. The Morgan fingerprint density at radius 1 is 0.323 bits per heavy atom. The van der Waals surface area contributed by atoms with Crippen LogP contribution in [0.25, 0.3) is 0 Å². The third kappa shape index (κ3) is 7.06. The molecular weight excluding hydrogens is 396 g/mol. The zero-order valence-electron chi connectivity index (χ0n) is 20.6. The van der Waals surface area contributed by atoms with E-state index in [9.17, 15) is 0 Å². The van der Waals surface area contributed by atoms with Crippen LogP contribution in [0.4, 0.5) is 0 Å². The Hall–Kier alpha value is 0.137. The van der Waals surface area contributed by atoms with Crippen LogP contribution in [0.3, 0.4) is 0 Å². The third-order valence-corrected chi connectivity index (χ3v) is 14.0. The van der Waals surface area contributed by atoms with Gasteiger partial charge in [-0.25, -0.2) is 0 Å². The van der Waals surface area contributed by atoms with Gasteiger partial charge in [-0.3, -0.25) is 0 Å². The molecule has 4 rings (SSSR count). The normalized spacial score (nSPS) is 27.9. The van der Waals surface area contributed by atoms with E-state index in [2.05, 4.69) is 0 Å². The number of hydrogen-bond acceptors (Lipinski definition) is 2. The van der Waals surface area contributed by atoms with Crippen LogP contribution in [0, 0.1) is 0 Å². The Kier molecular flexibility index (Phi) is 10.3. The molecule has 3 heteroatoms. The van der Waals surface area contributed by atoms with Gasteiger partial charge in [-0.2, -0.15) is 0 Å². The van der Waals surface area contributed by atoms with Gasteiger partial charge in [0.15, 0.2) is 0 Å². The minimum atomic E-state index is -2.28. The Labute approximate surface area is 194 Å². The standard InChI is InChI=1S/C28H52O2Si/c1-2-10-18-25(17-9-1)29-31(27-21-13-5-6-14-22-27,28-23-15-7-8-16-24-28)30-26-19-11-3-4-12-20-26/h25-28H,1-24H2. The average molecular weight is 449 g/mol. The summed E-state index contributed by atoms with van der Waals surface area (Å²) >= 11 is 0. The van der Waals surface area contributed by atoms with E-state index in [4.69, 9.17) is 8.85 Å². The van der Waals surface area contributed by atoms with Crippen LogP contribution in [0.15, 0.2) is 0 Å². The van der Waals surface area contributed by atoms with Crippen LogP contribution in [0.2, 0.25) is 11.1 Å². The van der Waals surface area contributed by atoms with Gasteiger partial charge < -0.3 is 8.85 Å². The second-order valence-corrected chi connectivity index (χ2v) is 15.1. The Bertz CT molecular complexity index is 419. The molecule has 31 heavy (non-hydrogen) atoms. The first-order valence-corrected chi connectivity index (χ1v) is 16.7. The van der Waals surface area contributed by atoms with Crippen LogP contribution in [-0.4, -0.2) is 20.8 Å². The van der Waals surface area contributed by atoms with E-state index in [0.717, 1.165) is 11.1 Å². The highest BCUT2D eigenvalue weighted by Gasteiger charge is 2.54. The van der Waals surface area contributed by atoms with Crippen molar-refractivity contribution in [1.29, 1.82) is 0 Å². The van der Waals surface area contributed by atoms with Crippen molar-refractivity contribution in [3.63, 3.8) is 0 Å². The fraction of sp³-hybridized carbons (Fsp3) is 1.00. The van der Waals surface area contributed by atoms with Crippen LogP contribution in [0.1, 0.15) is 154 Å². The van der Waals surface area contributed by atoms with Gasteiger partial charge in [0.05, 0.1) is 0 Å². The maximum Gasteiger partial charge on any atom is 0.345 e. The molecule has 0 unspecified atom stereocenters. The largest absolute Gasteiger partial charge is 0.391 e. The van der Waals surface area contributed by atoms with Crippen molar-refractivity contribution in [1.82, 2.24) is 0 Å². The zero-order valence-corrected chi connectivity index (χ0v) is 21.6. The zero-order chi connectivity index (χ0) is 21.2. The predicted molar refractivity (Wildman–Crippen MR) is 134 cm³/mol. The van der Waals surface area contributed by atoms with Gasteiger partial charge in [0.1, 0.15) is 0 Å². The SMILES string of the molecule is C1CCCC(O[Si](OC2CCCCCC2)(C2CCCCCC2)C2CCCCCC2)CC1. The van der Waals surface area contributed by atoms with E-state index in [1.807, 2.05) is 0 Å². The Morgan fingerprint density at radius 3 is 0.871 bits per heavy atom. The van der Waals surface area contributed by atoms with E-state index in [1.54, 1.807) is 0 Å². The molecule has 0 radical (unpaired) electrons. The van der Waals surface area contributed by atoms with E-state index < -0.39 is 8.56 Å². The highest BCUT2D eigenvalue weighted by Crippen LogP contribution is 2.50. The first-order valence-electron chi connectivity index (χ1n) is 14.7. The summed E-state index contributed by atoms with van der Waals surface area (Å²) in [5.41, 5.74) is 1.54. The maximum absolute atomic E-state index is 7.61. The first kappa shape index (κ1) is 24.3. The summed E-state index contributed by atoms with van der Waals surface area (Å²) < 4.78 is 15.2. The average Bonchev–Trinajstić information content (AvgIpc) is 3.37. The van der Waals surface area contributed by atoms with Crippen LogP contribution >= 0.6 is 0 Å². The molecule has 4 aliphatic carbocycles.